The van der Waals surface area contributed by atoms with Gasteiger partial charge in [-0.25, -0.2) is 8.42 Å². The van der Waals surface area contributed by atoms with Crippen LogP contribution in [-0.4, -0.2) is 67.7 Å². The van der Waals surface area contributed by atoms with Gasteiger partial charge in [0.25, 0.3) is 0 Å². The number of amides is 1. The first-order valence-corrected chi connectivity index (χ1v) is 9.37. The van der Waals surface area contributed by atoms with Crippen LogP contribution >= 0.6 is 11.8 Å². The van der Waals surface area contributed by atoms with Crippen molar-refractivity contribution in [2.24, 2.45) is 0 Å². The Hall–Kier alpha value is -0.310. The van der Waals surface area contributed by atoms with E-state index in [0.29, 0.717) is 12.3 Å². The van der Waals surface area contributed by atoms with Crippen molar-refractivity contribution in [1.29, 1.82) is 0 Å². The minimum Gasteiger partial charge on any atom is -0.387 e. The van der Waals surface area contributed by atoms with E-state index in [1.807, 2.05) is 6.26 Å². The molecule has 2 unspecified atom stereocenters. The lowest BCUT2D eigenvalue weighted by Gasteiger charge is -2.25. The van der Waals surface area contributed by atoms with E-state index in [2.05, 4.69) is 10.6 Å². The molecule has 8 heteroatoms. The zero-order valence-corrected chi connectivity index (χ0v) is 12.9. The molecule has 1 heterocycles. The van der Waals surface area contributed by atoms with Gasteiger partial charge in [0.05, 0.1) is 17.1 Å². The summed E-state index contributed by atoms with van der Waals surface area (Å²) in [5, 5.41) is 15.6. The topological polar surface area (TPSA) is 95.5 Å². The average molecular weight is 310 g/mol. The van der Waals surface area contributed by atoms with Crippen molar-refractivity contribution >= 4 is 27.5 Å². The first-order chi connectivity index (χ1) is 8.74. The molecule has 112 valence electrons. The number of carbonyl (C=O) groups is 1. The van der Waals surface area contributed by atoms with Crippen LogP contribution in [0.1, 0.15) is 13.3 Å². The van der Waals surface area contributed by atoms with Crippen LogP contribution in [0.25, 0.3) is 0 Å². The fraction of sp³-hybridized carbons (Fsp3) is 0.909. The third kappa shape index (κ3) is 6.60. The molecule has 19 heavy (non-hydrogen) atoms. The van der Waals surface area contributed by atoms with E-state index in [1.54, 1.807) is 6.92 Å². The molecule has 0 aromatic heterocycles. The molecule has 0 aliphatic carbocycles. The third-order valence-corrected chi connectivity index (χ3v) is 5.50. The van der Waals surface area contributed by atoms with Crippen molar-refractivity contribution in [3.63, 3.8) is 0 Å². The van der Waals surface area contributed by atoms with Gasteiger partial charge < -0.3 is 15.7 Å². The summed E-state index contributed by atoms with van der Waals surface area (Å²) in [6.45, 7) is 2.23. The van der Waals surface area contributed by atoms with Gasteiger partial charge in [-0.05, 0) is 13.2 Å². The SMILES string of the molecule is CSCC(C)(O)CNC(=O)CC1CS(=O)(=O)CCN1. The van der Waals surface area contributed by atoms with Gasteiger partial charge in [-0.2, -0.15) is 11.8 Å². The number of hydrogen-bond donors (Lipinski definition) is 3. The summed E-state index contributed by atoms with van der Waals surface area (Å²) < 4.78 is 22.9. The second kappa shape index (κ2) is 6.92. The molecule has 0 aromatic carbocycles. The Balaban J connectivity index is 2.35. The monoisotopic (exact) mass is 310 g/mol. The van der Waals surface area contributed by atoms with Gasteiger partial charge in [-0.1, -0.05) is 0 Å². The maximum atomic E-state index is 11.7. The molecule has 0 aromatic rings. The van der Waals surface area contributed by atoms with Crippen molar-refractivity contribution in [3.05, 3.63) is 0 Å². The van der Waals surface area contributed by atoms with Crippen molar-refractivity contribution < 1.29 is 18.3 Å². The molecule has 1 rings (SSSR count). The standard InChI is InChI=1S/C11H22N2O4S2/c1-11(15,8-18-2)7-13-10(14)5-9-6-19(16,17)4-3-12-9/h9,12,15H,3-8H2,1-2H3,(H,13,14). The zero-order chi connectivity index (χ0) is 14.5. The Morgan fingerprint density at radius 3 is 2.84 bits per heavy atom. The lowest BCUT2D eigenvalue weighted by atomic mass is 10.1. The largest absolute Gasteiger partial charge is 0.387 e. The predicted molar refractivity (Wildman–Crippen MR) is 77.1 cm³/mol. The minimum absolute atomic E-state index is 0.00161. The average Bonchev–Trinajstić information content (AvgIpc) is 2.25. The number of sulfone groups is 1. The van der Waals surface area contributed by atoms with Crippen LogP contribution in [0.3, 0.4) is 0 Å². The smallest absolute Gasteiger partial charge is 0.221 e. The number of nitrogens with one attached hydrogen (secondary N) is 2. The lowest BCUT2D eigenvalue weighted by molar-refractivity contribution is -0.122. The van der Waals surface area contributed by atoms with E-state index >= 15 is 0 Å². The normalized spacial score (nSPS) is 25.5. The highest BCUT2D eigenvalue weighted by Crippen LogP contribution is 2.09. The predicted octanol–water partition coefficient (Wildman–Crippen LogP) is -1.01. The molecular formula is C11H22N2O4S2. The number of thioether (sulfide) groups is 1. The number of carbonyl (C=O) groups excluding carboxylic acids is 1. The van der Waals surface area contributed by atoms with Gasteiger partial charge >= 0.3 is 0 Å². The highest BCUT2D eigenvalue weighted by Gasteiger charge is 2.27. The molecule has 2 atom stereocenters. The highest BCUT2D eigenvalue weighted by molar-refractivity contribution is 7.98. The molecule has 1 fully saturated rings. The van der Waals surface area contributed by atoms with Gasteiger partial charge in [-0.15, -0.1) is 0 Å². The van der Waals surface area contributed by atoms with Crippen molar-refractivity contribution in [2.45, 2.75) is 25.0 Å². The maximum Gasteiger partial charge on any atom is 0.221 e. The first kappa shape index (κ1) is 16.7. The summed E-state index contributed by atoms with van der Waals surface area (Å²) in [5.74, 6) is 0.425. The van der Waals surface area contributed by atoms with E-state index in [4.69, 9.17) is 0 Å². The molecule has 1 saturated heterocycles. The fourth-order valence-electron chi connectivity index (χ4n) is 1.95. The summed E-state index contributed by atoms with van der Waals surface area (Å²) in [4.78, 5) is 11.7. The molecule has 0 saturated carbocycles. The molecule has 1 aliphatic heterocycles. The Kier molecular flexibility index (Phi) is 6.10. The van der Waals surface area contributed by atoms with E-state index < -0.39 is 15.4 Å². The number of hydrogen-bond acceptors (Lipinski definition) is 6. The van der Waals surface area contributed by atoms with Crippen LogP contribution in [-0.2, 0) is 14.6 Å². The first-order valence-electron chi connectivity index (χ1n) is 6.16. The second-order valence-corrected chi connectivity index (χ2v) is 8.27. The Morgan fingerprint density at radius 2 is 2.26 bits per heavy atom. The van der Waals surface area contributed by atoms with Gasteiger partial charge in [-0.3, -0.25) is 4.79 Å². The summed E-state index contributed by atoms with van der Waals surface area (Å²) in [6, 6.07) is -0.329. The number of aliphatic hydroxyl groups is 1. The summed E-state index contributed by atoms with van der Waals surface area (Å²) >= 11 is 1.50. The summed E-state index contributed by atoms with van der Waals surface area (Å²) in [6.07, 6.45) is 2.00. The second-order valence-electron chi connectivity index (χ2n) is 5.18. The van der Waals surface area contributed by atoms with E-state index in [9.17, 15) is 18.3 Å². The van der Waals surface area contributed by atoms with E-state index in [1.165, 1.54) is 11.8 Å². The summed E-state index contributed by atoms with van der Waals surface area (Å²) in [7, 11) is -3.02. The van der Waals surface area contributed by atoms with Crippen molar-refractivity contribution in [2.75, 3.05) is 36.6 Å². The number of rotatable bonds is 6. The fourth-order valence-corrected chi connectivity index (χ4v) is 4.11. The van der Waals surface area contributed by atoms with E-state index in [-0.39, 0.29) is 36.4 Å². The maximum absolute atomic E-state index is 11.7. The Labute approximate surface area is 118 Å². The quantitative estimate of drug-likeness (QED) is 0.582. The van der Waals surface area contributed by atoms with Gasteiger partial charge in [0.2, 0.25) is 5.91 Å². The molecule has 6 nitrogen and oxygen atoms in total. The molecule has 1 amide bonds. The third-order valence-electron chi connectivity index (χ3n) is 2.85. The van der Waals surface area contributed by atoms with Crippen LogP contribution < -0.4 is 10.6 Å². The molecule has 1 aliphatic rings. The molecule has 0 radical (unpaired) electrons. The molecule has 0 bridgehead atoms. The van der Waals surface area contributed by atoms with Crippen LogP contribution in [0.5, 0.6) is 0 Å². The van der Waals surface area contributed by atoms with Crippen molar-refractivity contribution in [3.8, 4) is 0 Å². The van der Waals surface area contributed by atoms with Crippen LogP contribution in [0.2, 0.25) is 0 Å². The van der Waals surface area contributed by atoms with E-state index in [0.717, 1.165) is 0 Å². The van der Waals surface area contributed by atoms with Gasteiger partial charge in [0.1, 0.15) is 0 Å². The molecular weight excluding hydrogens is 288 g/mol. The summed E-state index contributed by atoms with van der Waals surface area (Å²) in [5.41, 5.74) is -0.943. The molecule has 0 spiro atoms. The highest BCUT2D eigenvalue weighted by atomic mass is 32.2. The Morgan fingerprint density at radius 1 is 1.58 bits per heavy atom. The van der Waals surface area contributed by atoms with Gasteiger partial charge in [0.15, 0.2) is 9.84 Å². The molecule has 3 N–H and O–H groups in total. The van der Waals surface area contributed by atoms with Crippen LogP contribution in [0, 0.1) is 0 Å². The minimum atomic E-state index is -3.02. The van der Waals surface area contributed by atoms with Crippen LogP contribution in [0.4, 0.5) is 0 Å². The van der Waals surface area contributed by atoms with Gasteiger partial charge in [0, 0.05) is 31.3 Å². The lowest BCUT2D eigenvalue weighted by Crippen LogP contribution is -2.49. The zero-order valence-electron chi connectivity index (χ0n) is 11.3. The Bertz CT molecular complexity index is 409. The van der Waals surface area contributed by atoms with Crippen molar-refractivity contribution in [1.82, 2.24) is 10.6 Å². The van der Waals surface area contributed by atoms with Crippen LogP contribution in [0.15, 0.2) is 0 Å².